The predicted molar refractivity (Wildman–Crippen MR) is 56.9 cm³/mol. The SMILES string of the molecule is C=CC(=O)O.CC(N)c1ccccc1. The number of rotatable bonds is 2. The van der Waals surface area contributed by atoms with Gasteiger partial charge in [0.05, 0.1) is 0 Å². The molecule has 0 aliphatic heterocycles. The largest absolute Gasteiger partial charge is 0.478 e. The van der Waals surface area contributed by atoms with Crippen LogP contribution in [0.15, 0.2) is 43.0 Å². The van der Waals surface area contributed by atoms with Crippen LogP contribution in [-0.4, -0.2) is 11.1 Å². The maximum atomic E-state index is 9.25. The van der Waals surface area contributed by atoms with Gasteiger partial charge in [-0.3, -0.25) is 0 Å². The molecule has 14 heavy (non-hydrogen) atoms. The first-order chi connectivity index (χ1) is 6.57. The van der Waals surface area contributed by atoms with Crippen molar-refractivity contribution in [2.75, 3.05) is 0 Å². The molecule has 0 fully saturated rings. The molecule has 0 saturated carbocycles. The van der Waals surface area contributed by atoms with Gasteiger partial charge >= 0.3 is 5.97 Å². The summed E-state index contributed by atoms with van der Waals surface area (Å²) in [7, 11) is 0. The third-order valence-corrected chi connectivity index (χ3v) is 1.50. The summed E-state index contributed by atoms with van der Waals surface area (Å²) < 4.78 is 0. The summed E-state index contributed by atoms with van der Waals surface area (Å²) in [6, 6.07) is 10.2. The zero-order valence-corrected chi connectivity index (χ0v) is 8.18. The molecule has 0 heterocycles. The van der Waals surface area contributed by atoms with Gasteiger partial charge in [0.15, 0.2) is 0 Å². The molecule has 0 radical (unpaired) electrons. The highest BCUT2D eigenvalue weighted by atomic mass is 16.4. The van der Waals surface area contributed by atoms with E-state index in [1.807, 2.05) is 37.3 Å². The van der Waals surface area contributed by atoms with E-state index in [4.69, 9.17) is 10.8 Å². The van der Waals surface area contributed by atoms with E-state index in [0.717, 1.165) is 6.08 Å². The summed E-state index contributed by atoms with van der Waals surface area (Å²) in [4.78, 5) is 9.25. The molecule has 0 aromatic heterocycles. The standard InChI is InChI=1S/C8H11N.C3H4O2/c1-7(9)8-5-3-2-4-6-8;1-2-3(4)5/h2-7H,9H2,1H3;2H,1H2,(H,4,5). The van der Waals surface area contributed by atoms with Crippen molar-refractivity contribution in [3.63, 3.8) is 0 Å². The van der Waals surface area contributed by atoms with E-state index in [1.165, 1.54) is 5.56 Å². The molecule has 1 unspecified atom stereocenters. The van der Waals surface area contributed by atoms with Crippen LogP contribution in [0.5, 0.6) is 0 Å². The van der Waals surface area contributed by atoms with Crippen molar-refractivity contribution in [3.8, 4) is 0 Å². The van der Waals surface area contributed by atoms with Gasteiger partial charge < -0.3 is 10.8 Å². The predicted octanol–water partition coefficient (Wildman–Crippen LogP) is 1.96. The van der Waals surface area contributed by atoms with Crippen molar-refractivity contribution in [2.45, 2.75) is 13.0 Å². The summed E-state index contributed by atoms with van der Waals surface area (Å²) in [5.41, 5.74) is 6.81. The summed E-state index contributed by atoms with van der Waals surface area (Å²) in [5, 5.41) is 7.60. The molecule has 0 amide bonds. The molecule has 1 rings (SSSR count). The third-order valence-electron chi connectivity index (χ3n) is 1.50. The van der Waals surface area contributed by atoms with E-state index in [2.05, 4.69) is 6.58 Å². The number of benzene rings is 1. The minimum atomic E-state index is -0.981. The quantitative estimate of drug-likeness (QED) is 0.706. The van der Waals surface area contributed by atoms with Gasteiger partial charge in [0.2, 0.25) is 0 Å². The van der Waals surface area contributed by atoms with Gasteiger partial charge in [-0.1, -0.05) is 36.9 Å². The lowest BCUT2D eigenvalue weighted by molar-refractivity contribution is -0.131. The third kappa shape index (κ3) is 5.97. The minimum absolute atomic E-state index is 0.159. The van der Waals surface area contributed by atoms with Crippen LogP contribution in [-0.2, 0) is 4.79 Å². The second-order valence-corrected chi connectivity index (χ2v) is 2.74. The van der Waals surface area contributed by atoms with Crippen molar-refractivity contribution in [3.05, 3.63) is 48.6 Å². The van der Waals surface area contributed by atoms with E-state index in [1.54, 1.807) is 0 Å². The van der Waals surface area contributed by atoms with E-state index in [0.29, 0.717) is 0 Å². The van der Waals surface area contributed by atoms with Gasteiger partial charge in [0.1, 0.15) is 0 Å². The summed E-state index contributed by atoms with van der Waals surface area (Å²) in [6.45, 7) is 4.94. The van der Waals surface area contributed by atoms with Crippen molar-refractivity contribution in [2.24, 2.45) is 5.73 Å². The topological polar surface area (TPSA) is 63.3 Å². The number of hydrogen-bond donors (Lipinski definition) is 2. The molecule has 0 saturated heterocycles. The lowest BCUT2D eigenvalue weighted by atomic mass is 10.1. The Balaban J connectivity index is 0.000000292. The van der Waals surface area contributed by atoms with Crippen LogP contribution in [0.25, 0.3) is 0 Å². The number of carboxylic acids is 1. The Morgan fingerprint density at radius 2 is 1.93 bits per heavy atom. The van der Waals surface area contributed by atoms with E-state index >= 15 is 0 Å². The monoisotopic (exact) mass is 193 g/mol. The van der Waals surface area contributed by atoms with Gasteiger partial charge in [0.25, 0.3) is 0 Å². The fourth-order valence-electron chi connectivity index (χ4n) is 0.757. The Labute approximate surface area is 83.9 Å². The fraction of sp³-hybridized carbons (Fsp3) is 0.182. The molecule has 1 aromatic carbocycles. The van der Waals surface area contributed by atoms with E-state index in [9.17, 15) is 4.79 Å². The molecular formula is C11H15NO2. The zero-order chi connectivity index (χ0) is 11.0. The Hall–Kier alpha value is -1.61. The highest BCUT2D eigenvalue weighted by molar-refractivity contribution is 5.78. The van der Waals surface area contributed by atoms with Crippen molar-refractivity contribution in [1.29, 1.82) is 0 Å². The lowest BCUT2D eigenvalue weighted by Gasteiger charge is -2.02. The second kappa shape index (κ2) is 6.86. The van der Waals surface area contributed by atoms with Crippen molar-refractivity contribution >= 4 is 5.97 Å². The number of aliphatic carboxylic acids is 1. The van der Waals surface area contributed by atoms with Crippen LogP contribution < -0.4 is 5.73 Å². The van der Waals surface area contributed by atoms with E-state index in [-0.39, 0.29) is 6.04 Å². The average Bonchev–Trinajstić information content (AvgIpc) is 2.20. The lowest BCUT2D eigenvalue weighted by Crippen LogP contribution is -2.03. The van der Waals surface area contributed by atoms with Crippen LogP contribution in [0.3, 0.4) is 0 Å². The zero-order valence-electron chi connectivity index (χ0n) is 8.18. The number of nitrogens with two attached hydrogens (primary N) is 1. The van der Waals surface area contributed by atoms with Crippen LogP contribution in [0.4, 0.5) is 0 Å². The maximum absolute atomic E-state index is 9.25. The van der Waals surface area contributed by atoms with Gasteiger partial charge in [-0.05, 0) is 12.5 Å². The van der Waals surface area contributed by atoms with Gasteiger partial charge in [-0.2, -0.15) is 0 Å². The number of carboxylic acid groups (broad SMARTS) is 1. The Morgan fingerprint density at radius 1 is 1.50 bits per heavy atom. The Morgan fingerprint density at radius 3 is 2.14 bits per heavy atom. The van der Waals surface area contributed by atoms with Crippen molar-refractivity contribution in [1.82, 2.24) is 0 Å². The van der Waals surface area contributed by atoms with Crippen LogP contribution in [0.2, 0.25) is 0 Å². The average molecular weight is 193 g/mol. The van der Waals surface area contributed by atoms with E-state index < -0.39 is 5.97 Å². The van der Waals surface area contributed by atoms with Gasteiger partial charge in [-0.15, -0.1) is 0 Å². The highest BCUT2D eigenvalue weighted by Gasteiger charge is 1.93. The highest BCUT2D eigenvalue weighted by Crippen LogP contribution is 2.06. The molecule has 3 N–H and O–H groups in total. The van der Waals surface area contributed by atoms with Crippen LogP contribution in [0, 0.1) is 0 Å². The van der Waals surface area contributed by atoms with Crippen LogP contribution >= 0.6 is 0 Å². The van der Waals surface area contributed by atoms with Crippen molar-refractivity contribution < 1.29 is 9.90 Å². The normalized spacial score (nSPS) is 10.7. The molecular weight excluding hydrogens is 178 g/mol. The molecule has 3 heteroatoms. The van der Waals surface area contributed by atoms with Gasteiger partial charge in [0, 0.05) is 12.1 Å². The van der Waals surface area contributed by atoms with Crippen LogP contribution in [0.1, 0.15) is 18.5 Å². The summed E-state index contributed by atoms with van der Waals surface area (Å²) >= 11 is 0. The molecule has 1 aromatic rings. The molecule has 3 nitrogen and oxygen atoms in total. The second-order valence-electron chi connectivity index (χ2n) is 2.74. The van der Waals surface area contributed by atoms with Gasteiger partial charge in [-0.25, -0.2) is 4.79 Å². The molecule has 76 valence electrons. The summed E-state index contributed by atoms with van der Waals surface area (Å²) in [6.07, 6.45) is 0.833. The molecule has 1 atom stereocenters. The Bertz CT molecular complexity index is 281. The molecule has 0 aliphatic carbocycles. The fourth-order valence-corrected chi connectivity index (χ4v) is 0.757. The maximum Gasteiger partial charge on any atom is 0.327 e. The first kappa shape index (κ1) is 12.4. The number of carbonyl (C=O) groups is 1. The molecule has 0 spiro atoms. The first-order valence-corrected chi connectivity index (χ1v) is 4.23. The minimum Gasteiger partial charge on any atom is -0.478 e. The molecule has 0 aliphatic rings. The number of hydrogen-bond acceptors (Lipinski definition) is 2. The molecule has 0 bridgehead atoms. The summed E-state index contributed by atoms with van der Waals surface area (Å²) in [5.74, 6) is -0.981. The smallest absolute Gasteiger partial charge is 0.327 e. The first-order valence-electron chi connectivity index (χ1n) is 4.23. The Kier molecular flexibility index (Phi) is 6.07.